The van der Waals surface area contributed by atoms with Gasteiger partial charge < -0.3 is 4.42 Å². The lowest BCUT2D eigenvalue weighted by atomic mass is 9.97. The van der Waals surface area contributed by atoms with Crippen molar-refractivity contribution in [2.45, 2.75) is 6.92 Å². The third-order valence-electron chi connectivity index (χ3n) is 6.22. The van der Waals surface area contributed by atoms with Crippen molar-refractivity contribution in [3.05, 3.63) is 102 Å². The van der Waals surface area contributed by atoms with Crippen molar-refractivity contribution in [2.75, 3.05) is 0 Å². The summed E-state index contributed by atoms with van der Waals surface area (Å²) >= 11 is 1.67. The molecule has 0 unspecified atom stereocenters. The van der Waals surface area contributed by atoms with Gasteiger partial charge in [0.1, 0.15) is 24.0 Å². The smallest absolute Gasteiger partial charge is 0.272 e. The van der Waals surface area contributed by atoms with Gasteiger partial charge in [-0.1, -0.05) is 72.0 Å². The van der Waals surface area contributed by atoms with E-state index >= 15 is 4.39 Å². The first-order valence-corrected chi connectivity index (χ1v) is 11.7. The lowest BCUT2D eigenvalue weighted by Crippen LogP contribution is -2.26. The first-order chi connectivity index (χ1) is 16.1. The summed E-state index contributed by atoms with van der Waals surface area (Å²) in [4.78, 5) is 0. The van der Waals surface area contributed by atoms with Crippen LogP contribution in [-0.2, 0) is 7.05 Å². The van der Waals surface area contributed by atoms with Crippen LogP contribution in [0.3, 0.4) is 0 Å². The van der Waals surface area contributed by atoms with Gasteiger partial charge in [0.05, 0.1) is 10.9 Å². The normalized spacial score (nSPS) is 11.5. The Bertz CT molecular complexity index is 1650. The van der Waals surface area contributed by atoms with E-state index in [2.05, 4.69) is 41.1 Å². The minimum atomic E-state index is -0.285. The zero-order valence-corrected chi connectivity index (χ0v) is 19.1. The molecular weight excluding hydrogens is 429 g/mol. The molecule has 4 heteroatoms. The molecule has 0 fully saturated rings. The molecule has 0 aliphatic carbocycles. The Morgan fingerprint density at radius 1 is 0.758 bits per heavy atom. The molecule has 0 aliphatic heterocycles. The van der Waals surface area contributed by atoms with E-state index in [1.165, 1.54) is 0 Å². The average molecular weight is 451 g/mol. The number of benzene rings is 4. The van der Waals surface area contributed by atoms with E-state index in [0.717, 1.165) is 49.2 Å². The molecule has 0 radical (unpaired) electrons. The van der Waals surface area contributed by atoms with E-state index in [-0.39, 0.29) is 5.82 Å². The molecule has 0 atom stereocenters. The van der Waals surface area contributed by atoms with Crippen LogP contribution in [0.1, 0.15) is 5.56 Å². The Morgan fingerprint density at radius 3 is 2.21 bits per heavy atom. The van der Waals surface area contributed by atoms with Gasteiger partial charge in [-0.15, -0.1) is 0 Å². The highest BCUT2D eigenvalue weighted by Gasteiger charge is 2.24. The number of thiazole rings is 1. The second kappa shape index (κ2) is 7.68. The Kier molecular flexibility index (Phi) is 4.63. The van der Waals surface area contributed by atoms with Crippen LogP contribution in [0.5, 0.6) is 0 Å². The number of nitrogens with zero attached hydrogens (tertiary/aromatic N) is 1. The summed E-state index contributed by atoms with van der Waals surface area (Å²) in [6.45, 7) is 2.09. The summed E-state index contributed by atoms with van der Waals surface area (Å²) in [5, 5.41) is 5.10. The number of halogens is 1. The van der Waals surface area contributed by atoms with E-state index in [1.54, 1.807) is 17.4 Å². The molecule has 0 spiro atoms. The Labute approximate surface area is 195 Å². The summed E-state index contributed by atoms with van der Waals surface area (Å²) < 4.78 is 23.9. The van der Waals surface area contributed by atoms with Gasteiger partial charge in [0.15, 0.2) is 11.8 Å². The monoisotopic (exact) mass is 450 g/mol. The molecule has 0 aliphatic rings. The Hall–Kier alpha value is -3.76. The highest BCUT2D eigenvalue weighted by Crippen LogP contribution is 2.42. The molecule has 0 bridgehead atoms. The number of rotatable bonds is 3. The van der Waals surface area contributed by atoms with E-state index < -0.39 is 0 Å². The first kappa shape index (κ1) is 19.9. The number of hydrogen-bond acceptors (Lipinski definition) is 2. The Balaban J connectivity index is 1.64. The zero-order valence-electron chi connectivity index (χ0n) is 18.3. The van der Waals surface area contributed by atoms with Gasteiger partial charge >= 0.3 is 0 Å². The molecule has 2 nitrogen and oxygen atoms in total. The lowest BCUT2D eigenvalue weighted by molar-refractivity contribution is -0.655. The van der Waals surface area contributed by atoms with Crippen LogP contribution in [0.2, 0.25) is 0 Å². The lowest BCUT2D eigenvalue weighted by Gasteiger charge is -2.08. The van der Waals surface area contributed by atoms with Crippen molar-refractivity contribution in [1.29, 1.82) is 0 Å². The van der Waals surface area contributed by atoms with Gasteiger partial charge in [0.2, 0.25) is 0 Å². The zero-order chi connectivity index (χ0) is 22.5. The quantitative estimate of drug-likeness (QED) is 0.250. The SMILES string of the molecule is Cc1ccc2c(oc3c(-c4cccc(-c5ccccc5)c4)c(F)ccc32)c1-c1scc[n+]1C. The van der Waals surface area contributed by atoms with E-state index in [4.69, 9.17) is 4.42 Å². The van der Waals surface area contributed by atoms with Crippen molar-refractivity contribution in [3.8, 4) is 32.8 Å². The minimum Gasteiger partial charge on any atom is -0.454 e. The fraction of sp³-hybridized carbons (Fsp3) is 0.0690. The van der Waals surface area contributed by atoms with Crippen LogP contribution in [-0.4, -0.2) is 0 Å². The summed E-state index contributed by atoms with van der Waals surface area (Å²) in [5.41, 5.74) is 7.02. The number of aryl methyl sites for hydroxylation is 2. The molecule has 6 aromatic rings. The van der Waals surface area contributed by atoms with Gasteiger partial charge in [-0.05, 0) is 47.4 Å². The van der Waals surface area contributed by atoms with Gasteiger partial charge in [0.25, 0.3) is 5.01 Å². The number of fused-ring (bicyclic) bond motifs is 3. The maximum absolute atomic E-state index is 15.3. The predicted octanol–water partition coefficient (Wildman–Crippen LogP) is 7.92. The van der Waals surface area contributed by atoms with Crippen LogP contribution in [0.4, 0.5) is 4.39 Å². The first-order valence-electron chi connectivity index (χ1n) is 10.9. The summed E-state index contributed by atoms with van der Waals surface area (Å²) in [6.07, 6.45) is 2.04. The fourth-order valence-corrected chi connectivity index (χ4v) is 5.54. The maximum Gasteiger partial charge on any atom is 0.272 e. The average Bonchev–Trinajstić information content (AvgIpc) is 3.42. The number of aromatic nitrogens is 1. The number of furan rings is 1. The summed E-state index contributed by atoms with van der Waals surface area (Å²) in [6, 6.07) is 25.7. The van der Waals surface area contributed by atoms with Crippen molar-refractivity contribution >= 4 is 33.3 Å². The standard InChI is InChI=1S/C29H21FNOS/c1-18-11-12-22-23-13-14-24(30)26(21-10-6-9-20(17-21)19-7-4-3-5-8-19)28(23)32-27(22)25(18)29-31(2)15-16-33-29/h3-17H,1-2H3/q+1. The molecule has 33 heavy (non-hydrogen) atoms. The highest BCUT2D eigenvalue weighted by atomic mass is 32.1. The third-order valence-corrected chi connectivity index (χ3v) is 7.20. The highest BCUT2D eigenvalue weighted by molar-refractivity contribution is 7.12. The Morgan fingerprint density at radius 2 is 1.45 bits per heavy atom. The van der Waals surface area contributed by atoms with Gasteiger partial charge in [0, 0.05) is 10.8 Å². The molecule has 0 saturated carbocycles. The van der Waals surface area contributed by atoms with Crippen LogP contribution in [0.25, 0.3) is 54.8 Å². The van der Waals surface area contributed by atoms with Crippen LogP contribution < -0.4 is 4.57 Å². The van der Waals surface area contributed by atoms with Crippen molar-refractivity contribution in [2.24, 2.45) is 7.05 Å². The molecular formula is C29H21FNOS+. The minimum absolute atomic E-state index is 0.285. The van der Waals surface area contributed by atoms with Crippen molar-refractivity contribution in [1.82, 2.24) is 0 Å². The van der Waals surface area contributed by atoms with Crippen LogP contribution >= 0.6 is 11.3 Å². The van der Waals surface area contributed by atoms with E-state index in [0.29, 0.717) is 11.1 Å². The summed E-state index contributed by atoms with van der Waals surface area (Å²) in [7, 11) is 2.03. The second-order valence-corrected chi connectivity index (χ2v) is 9.20. The fourth-order valence-electron chi connectivity index (χ4n) is 4.57. The van der Waals surface area contributed by atoms with Gasteiger partial charge in [-0.25, -0.2) is 4.39 Å². The van der Waals surface area contributed by atoms with Crippen molar-refractivity contribution in [3.63, 3.8) is 0 Å². The van der Waals surface area contributed by atoms with Crippen LogP contribution in [0, 0.1) is 12.7 Å². The number of hydrogen-bond donors (Lipinski definition) is 0. The molecule has 6 rings (SSSR count). The largest absolute Gasteiger partial charge is 0.454 e. The maximum atomic E-state index is 15.3. The predicted molar refractivity (Wildman–Crippen MR) is 134 cm³/mol. The molecule has 4 aromatic carbocycles. The molecule has 0 amide bonds. The molecule has 160 valence electrons. The summed E-state index contributed by atoms with van der Waals surface area (Å²) in [5.74, 6) is -0.285. The topological polar surface area (TPSA) is 17.0 Å². The van der Waals surface area contributed by atoms with Gasteiger partial charge in [-0.2, -0.15) is 4.57 Å². The molecule has 2 heterocycles. The second-order valence-electron chi connectivity index (χ2n) is 8.30. The van der Waals surface area contributed by atoms with Gasteiger partial charge in [-0.3, -0.25) is 0 Å². The van der Waals surface area contributed by atoms with E-state index in [1.807, 2.05) is 61.8 Å². The molecule has 0 saturated heterocycles. The molecule has 0 N–H and O–H groups in total. The van der Waals surface area contributed by atoms with Crippen LogP contribution in [0.15, 0.2) is 94.9 Å². The van der Waals surface area contributed by atoms with E-state index in [9.17, 15) is 0 Å². The molecule has 2 aromatic heterocycles. The van der Waals surface area contributed by atoms with Crippen molar-refractivity contribution < 1.29 is 13.4 Å². The third kappa shape index (κ3) is 3.18.